The minimum Gasteiger partial charge on any atom is -0.381 e. The van der Waals surface area contributed by atoms with Gasteiger partial charge in [-0.3, -0.25) is 9.80 Å². The lowest BCUT2D eigenvalue weighted by Crippen LogP contribution is -2.51. The molecule has 2 fully saturated rings. The Labute approximate surface area is 128 Å². The Hall–Kier alpha value is -0.900. The van der Waals surface area contributed by atoms with Crippen LogP contribution in [-0.2, 0) is 11.3 Å². The van der Waals surface area contributed by atoms with Gasteiger partial charge in [0.1, 0.15) is 0 Å². The fourth-order valence-electron chi connectivity index (χ4n) is 3.73. The number of rotatable bonds is 4. The second-order valence-corrected chi connectivity index (χ2v) is 6.54. The second-order valence-electron chi connectivity index (χ2n) is 6.54. The third-order valence-corrected chi connectivity index (χ3v) is 5.03. The number of likely N-dealkylation sites (tertiary alicyclic amines) is 1. The van der Waals surface area contributed by atoms with Crippen LogP contribution >= 0.6 is 0 Å². The summed E-state index contributed by atoms with van der Waals surface area (Å²) in [4.78, 5) is 5.26. The number of hydrogen-bond acceptors (Lipinski definition) is 3. The van der Waals surface area contributed by atoms with E-state index >= 15 is 0 Å². The summed E-state index contributed by atoms with van der Waals surface area (Å²) in [5.41, 5.74) is 1.42. The Morgan fingerprint density at radius 3 is 2.67 bits per heavy atom. The molecule has 3 heteroatoms. The molecule has 21 heavy (non-hydrogen) atoms. The van der Waals surface area contributed by atoms with Crippen molar-refractivity contribution >= 4 is 0 Å². The standard InChI is InChI=1S/C18H28N2O/c1-19(14-16-6-3-2-4-7-16)18-8-5-11-20(15-18)17-9-12-21-13-10-17/h2-4,6-7,17-18H,5,8-15H2,1H3. The molecule has 0 spiro atoms. The molecule has 0 saturated carbocycles. The average molecular weight is 288 g/mol. The van der Waals surface area contributed by atoms with Gasteiger partial charge in [0.2, 0.25) is 0 Å². The summed E-state index contributed by atoms with van der Waals surface area (Å²) in [6.07, 6.45) is 5.11. The van der Waals surface area contributed by atoms with E-state index in [0.717, 1.165) is 25.8 Å². The molecule has 0 radical (unpaired) electrons. The maximum Gasteiger partial charge on any atom is 0.0480 e. The molecule has 0 N–H and O–H groups in total. The van der Waals surface area contributed by atoms with E-state index in [-0.39, 0.29) is 0 Å². The highest BCUT2D eigenvalue weighted by Gasteiger charge is 2.28. The van der Waals surface area contributed by atoms with Gasteiger partial charge < -0.3 is 4.74 Å². The largest absolute Gasteiger partial charge is 0.381 e. The highest BCUT2D eigenvalue weighted by molar-refractivity contribution is 5.14. The Morgan fingerprint density at radius 2 is 1.90 bits per heavy atom. The minimum atomic E-state index is 0.696. The van der Waals surface area contributed by atoms with Crippen LogP contribution in [0.25, 0.3) is 0 Å². The molecule has 0 aromatic heterocycles. The van der Waals surface area contributed by atoms with Crippen molar-refractivity contribution in [2.45, 2.75) is 44.3 Å². The maximum atomic E-state index is 5.51. The summed E-state index contributed by atoms with van der Waals surface area (Å²) in [6.45, 7) is 5.47. The normalized spacial score (nSPS) is 25.3. The molecule has 1 atom stereocenters. The molecule has 1 aromatic rings. The first-order chi connectivity index (χ1) is 10.3. The SMILES string of the molecule is CN(Cc1ccccc1)C1CCCN(C2CCOCC2)C1. The zero-order valence-corrected chi connectivity index (χ0v) is 13.2. The van der Waals surface area contributed by atoms with Crippen LogP contribution in [0.4, 0.5) is 0 Å². The van der Waals surface area contributed by atoms with Gasteiger partial charge in [-0.15, -0.1) is 0 Å². The van der Waals surface area contributed by atoms with Gasteiger partial charge in [0.25, 0.3) is 0 Å². The van der Waals surface area contributed by atoms with E-state index in [9.17, 15) is 0 Å². The monoisotopic (exact) mass is 288 g/mol. The summed E-state index contributed by atoms with van der Waals surface area (Å²) in [5, 5.41) is 0. The smallest absolute Gasteiger partial charge is 0.0480 e. The van der Waals surface area contributed by atoms with E-state index in [4.69, 9.17) is 4.74 Å². The van der Waals surface area contributed by atoms with Crippen molar-refractivity contribution in [1.82, 2.24) is 9.80 Å². The van der Waals surface area contributed by atoms with Crippen molar-refractivity contribution in [2.75, 3.05) is 33.4 Å². The van der Waals surface area contributed by atoms with E-state index in [1.807, 2.05) is 0 Å². The zero-order valence-electron chi connectivity index (χ0n) is 13.2. The molecule has 0 aliphatic carbocycles. The molecular formula is C18H28N2O. The van der Waals surface area contributed by atoms with Crippen LogP contribution in [0.2, 0.25) is 0 Å². The predicted octanol–water partition coefficient (Wildman–Crippen LogP) is 2.76. The molecule has 2 heterocycles. The third-order valence-electron chi connectivity index (χ3n) is 5.03. The van der Waals surface area contributed by atoms with Crippen LogP contribution in [0.15, 0.2) is 30.3 Å². The van der Waals surface area contributed by atoms with Crippen LogP contribution in [-0.4, -0.2) is 55.2 Å². The number of nitrogens with zero attached hydrogens (tertiary/aromatic N) is 2. The number of likely N-dealkylation sites (N-methyl/N-ethyl adjacent to an activating group) is 1. The molecular weight excluding hydrogens is 260 g/mol. The molecule has 2 saturated heterocycles. The Balaban J connectivity index is 1.55. The van der Waals surface area contributed by atoms with E-state index < -0.39 is 0 Å². The summed E-state index contributed by atoms with van der Waals surface area (Å²) >= 11 is 0. The van der Waals surface area contributed by atoms with Crippen LogP contribution in [0.5, 0.6) is 0 Å². The van der Waals surface area contributed by atoms with Crippen molar-refractivity contribution in [3.8, 4) is 0 Å². The van der Waals surface area contributed by atoms with Crippen LogP contribution < -0.4 is 0 Å². The fourth-order valence-corrected chi connectivity index (χ4v) is 3.73. The van der Waals surface area contributed by atoms with Gasteiger partial charge >= 0.3 is 0 Å². The van der Waals surface area contributed by atoms with Gasteiger partial charge in [0.15, 0.2) is 0 Å². The Kier molecular flexibility index (Phi) is 5.28. The lowest BCUT2D eigenvalue weighted by atomic mass is 9.99. The molecule has 2 aliphatic rings. The predicted molar refractivity (Wildman–Crippen MR) is 86.3 cm³/mol. The minimum absolute atomic E-state index is 0.696. The first kappa shape index (κ1) is 15.0. The number of piperidine rings is 1. The lowest BCUT2D eigenvalue weighted by molar-refractivity contribution is 0.00936. The summed E-state index contributed by atoms with van der Waals surface area (Å²) in [5.74, 6) is 0. The average Bonchev–Trinajstić information content (AvgIpc) is 2.57. The topological polar surface area (TPSA) is 15.7 Å². The van der Waals surface area contributed by atoms with Crippen LogP contribution in [0, 0.1) is 0 Å². The summed E-state index contributed by atoms with van der Waals surface area (Å²) in [7, 11) is 2.28. The van der Waals surface area contributed by atoms with Gasteiger partial charge in [-0.2, -0.15) is 0 Å². The highest BCUT2D eigenvalue weighted by atomic mass is 16.5. The molecule has 2 aliphatic heterocycles. The van der Waals surface area contributed by atoms with Crippen molar-refractivity contribution in [3.05, 3.63) is 35.9 Å². The molecule has 0 amide bonds. The van der Waals surface area contributed by atoms with Crippen molar-refractivity contribution in [3.63, 3.8) is 0 Å². The molecule has 3 rings (SSSR count). The van der Waals surface area contributed by atoms with E-state index in [0.29, 0.717) is 6.04 Å². The quantitative estimate of drug-likeness (QED) is 0.847. The van der Waals surface area contributed by atoms with E-state index in [2.05, 4.69) is 47.2 Å². The van der Waals surface area contributed by atoms with Crippen LogP contribution in [0.1, 0.15) is 31.2 Å². The van der Waals surface area contributed by atoms with E-state index in [1.54, 1.807) is 0 Å². The van der Waals surface area contributed by atoms with E-state index in [1.165, 1.54) is 44.3 Å². The second kappa shape index (κ2) is 7.39. The fraction of sp³-hybridized carbons (Fsp3) is 0.667. The third kappa shape index (κ3) is 4.06. The summed E-state index contributed by atoms with van der Waals surface area (Å²) in [6, 6.07) is 12.3. The molecule has 1 aromatic carbocycles. The lowest BCUT2D eigenvalue weighted by Gasteiger charge is -2.42. The van der Waals surface area contributed by atoms with Gasteiger partial charge in [-0.05, 0) is 44.8 Å². The first-order valence-corrected chi connectivity index (χ1v) is 8.39. The zero-order chi connectivity index (χ0) is 14.5. The van der Waals surface area contributed by atoms with Crippen molar-refractivity contribution < 1.29 is 4.74 Å². The number of hydrogen-bond donors (Lipinski definition) is 0. The number of benzene rings is 1. The molecule has 0 bridgehead atoms. The molecule has 116 valence electrons. The van der Waals surface area contributed by atoms with Gasteiger partial charge in [-0.25, -0.2) is 0 Å². The van der Waals surface area contributed by atoms with Crippen LogP contribution in [0.3, 0.4) is 0 Å². The summed E-state index contributed by atoms with van der Waals surface area (Å²) < 4.78 is 5.51. The van der Waals surface area contributed by atoms with Crippen molar-refractivity contribution in [2.24, 2.45) is 0 Å². The molecule has 3 nitrogen and oxygen atoms in total. The van der Waals surface area contributed by atoms with Gasteiger partial charge in [0.05, 0.1) is 0 Å². The van der Waals surface area contributed by atoms with Gasteiger partial charge in [-0.1, -0.05) is 30.3 Å². The Morgan fingerprint density at radius 1 is 1.14 bits per heavy atom. The number of ether oxygens (including phenoxy) is 1. The highest BCUT2D eigenvalue weighted by Crippen LogP contribution is 2.22. The molecule has 1 unspecified atom stereocenters. The van der Waals surface area contributed by atoms with Gasteiger partial charge in [0, 0.05) is 38.4 Å². The van der Waals surface area contributed by atoms with Crippen molar-refractivity contribution in [1.29, 1.82) is 0 Å². The first-order valence-electron chi connectivity index (χ1n) is 8.39. The Bertz CT molecular complexity index is 416. The maximum absolute atomic E-state index is 5.51.